The van der Waals surface area contributed by atoms with E-state index in [0.29, 0.717) is 13.0 Å². The van der Waals surface area contributed by atoms with E-state index >= 15 is 0 Å². The van der Waals surface area contributed by atoms with Gasteiger partial charge in [-0.15, -0.1) is 0 Å². The molecule has 0 spiro atoms. The first-order valence-electron chi connectivity index (χ1n) is 6.17. The smallest absolute Gasteiger partial charge is 0.294 e. The summed E-state index contributed by atoms with van der Waals surface area (Å²) in [4.78, 5) is 22.2. The maximum Gasteiger partial charge on any atom is 0.294 e. The molecule has 110 valence electrons. The van der Waals surface area contributed by atoms with Crippen molar-refractivity contribution in [3.8, 4) is 0 Å². The molecule has 0 saturated heterocycles. The monoisotopic (exact) mass is 290 g/mol. The molecule has 0 saturated carbocycles. The predicted octanol–water partition coefficient (Wildman–Crippen LogP) is 1.45. The first kappa shape index (κ1) is 14.5. The number of nitrogens with one attached hydrogen (secondary N) is 2. The van der Waals surface area contributed by atoms with E-state index in [0.717, 1.165) is 5.76 Å². The molecule has 0 fully saturated rings. The van der Waals surface area contributed by atoms with Crippen molar-refractivity contribution in [1.29, 1.82) is 0 Å². The van der Waals surface area contributed by atoms with Gasteiger partial charge in [-0.2, -0.15) is 0 Å². The van der Waals surface area contributed by atoms with E-state index in [2.05, 4.69) is 10.7 Å². The standard InChI is InChI=1S/C13H14N4O4/c14-16-11-4-3-9(8-12(11)17(19)20)13(18)15-6-5-10-2-1-7-21-10/h1-4,7-8,16H,5-6,14H2,(H,15,18). The fourth-order valence-electron chi connectivity index (χ4n) is 1.80. The highest BCUT2D eigenvalue weighted by Crippen LogP contribution is 2.24. The Morgan fingerprint density at radius 1 is 1.38 bits per heavy atom. The van der Waals surface area contributed by atoms with Crippen molar-refractivity contribution in [2.24, 2.45) is 5.84 Å². The molecular formula is C13H14N4O4. The molecule has 1 heterocycles. The number of carbonyl (C=O) groups excluding carboxylic acids is 1. The number of hydrogen-bond acceptors (Lipinski definition) is 6. The van der Waals surface area contributed by atoms with Crippen molar-refractivity contribution in [2.45, 2.75) is 6.42 Å². The molecule has 1 amide bonds. The molecule has 0 aliphatic heterocycles. The summed E-state index contributed by atoms with van der Waals surface area (Å²) in [6.07, 6.45) is 2.10. The number of nitro benzene ring substituents is 1. The second kappa shape index (κ2) is 6.53. The number of nitro groups is 1. The molecule has 0 radical (unpaired) electrons. The van der Waals surface area contributed by atoms with Crippen LogP contribution in [0.2, 0.25) is 0 Å². The molecule has 4 N–H and O–H groups in total. The number of amides is 1. The van der Waals surface area contributed by atoms with E-state index in [4.69, 9.17) is 10.3 Å². The molecule has 2 aromatic rings. The summed E-state index contributed by atoms with van der Waals surface area (Å²) in [5.74, 6) is 5.54. The van der Waals surface area contributed by atoms with E-state index in [1.54, 1.807) is 18.4 Å². The lowest BCUT2D eigenvalue weighted by Gasteiger charge is -2.06. The van der Waals surface area contributed by atoms with Crippen molar-refractivity contribution >= 4 is 17.3 Å². The van der Waals surface area contributed by atoms with E-state index in [9.17, 15) is 14.9 Å². The second-order valence-corrected chi connectivity index (χ2v) is 4.22. The Hall–Kier alpha value is -2.87. The van der Waals surface area contributed by atoms with Crippen LogP contribution in [0.25, 0.3) is 0 Å². The molecule has 8 heteroatoms. The van der Waals surface area contributed by atoms with Gasteiger partial charge in [0.05, 0.1) is 11.2 Å². The lowest BCUT2D eigenvalue weighted by Crippen LogP contribution is -2.25. The Morgan fingerprint density at radius 3 is 2.81 bits per heavy atom. The van der Waals surface area contributed by atoms with Crippen LogP contribution in [0.1, 0.15) is 16.1 Å². The fourth-order valence-corrected chi connectivity index (χ4v) is 1.80. The van der Waals surface area contributed by atoms with Gasteiger partial charge in [-0.05, 0) is 24.3 Å². The summed E-state index contributed by atoms with van der Waals surface area (Å²) < 4.78 is 5.14. The van der Waals surface area contributed by atoms with E-state index in [1.807, 2.05) is 0 Å². The SMILES string of the molecule is NNc1ccc(C(=O)NCCc2ccco2)cc1[N+](=O)[O-]. The van der Waals surface area contributed by atoms with Crippen LogP contribution in [0.3, 0.4) is 0 Å². The number of hydrogen-bond donors (Lipinski definition) is 3. The molecule has 0 aliphatic rings. The van der Waals surface area contributed by atoms with Crippen molar-refractivity contribution in [1.82, 2.24) is 5.32 Å². The van der Waals surface area contributed by atoms with Gasteiger partial charge >= 0.3 is 0 Å². The normalized spacial score (nSPS) is 10.1. The third kappa shape index (κ3) is 3.57. The quantitative estimate of drug-likeness (QED) is 0.420. The maximum absolute atomic E-state index is 11.9. The predicted molar refractivity (Wildman–Crippen MR) is 75.7 cm³/mol. The van der Waals surface area contributed by atoms with Crippen LogP contribution in [0.5, 0.6) is 0 Å². The summed E-state index contributed by atoms with van der Waals surface area (Å²) in [6.45, 7) is 0.372. The van der Waals surface area contributed by atoms with Gasteiger partial charge in [0.1, 0.15) is 11.4 Å². The Labute approximate surface area is 120 Å². The highest BCUT2D eigenvalue weighted by atomic mass is 16.6. The van der Waals surface area contributed by atoms with E-state index in [1.165, 1.54) is 18.2 Å². The van der Waals surface area contributed by atoms with Gasteiger partial charge in [0, 0.05) is 24.6 Å². The maximum atomic E-state index is 11.9. The molecule has 0 aliphatic carbocycles. The first-order valence-corrected chi connectivity index (χ1v) is 6.17. The van der Waals surface area contributed by atoms with Gasteiger partial charge in [0.15, 0.2) is 0 Å². The number of nitrogens with two attached hydrogens (primary N) is 1. The molecule has 21 heavy (non-hydrogen) atoms. The van der Waals surface area contributed by atoms with Crippen LogP contribution < -0.4 is 16.6 Å². The van der Waals surface area contributed by atoms with Crippen LogP contribution >= 0.6 is 0 Å². The number of carbonyl (C=O) groups is 1. The lowest BCUT2D eigenvalue weighted by molar-refractivity contribution is -0.384. The van der Waals surface area contributed by atoms with Crippen LogP contribution in [-0.4, -0.2) is 17.4 Å². The summed E-state index contributed by atoms with van der Waals surface area (Å²) in [6, 6.07) is 7.60. The van der Waals surface area contributed by atoms with Crippen LogP contribution in [0.4, 0.5) is 11.4 Å². The molecule has 0 unspecified atom stereocenters. The minimum Gasteiger partial charge on any atom is -0.469 e. The van der Waals surface area contributed by atoms with Gasteiger partial charge in [0.25, 0.3) is 11.6 Å². The minimum absolute atomic E-state index is 0.145. The Balaban J connectivity index is 2.01. The third-order valence-corrected chi connectivity index (χ3v) is 2.85. The molecular weight excluding hydrogens is 276 g/mol. The third-order valence-electron chi connectivity index (χ3n) is 2.85. The van der Waals surface area contributed by atoms with Crippen LogP contribution in [0, 0.1) is 10.1 Å². The zero-order valence-electron chi connectivity index (χ0n) is 11.0. The van der Waals surface area contributed by atoms with Crippen LogP contribution in [0.15, 0.2) is 41.0 Å². The minimum atomic E-state index is -0.602. The van der Waals surface area contributed by atoms with Crippen molar-refractivity contribution in [3.05, 3.63) is 58.0 Å². The number of nitrogen functional groups attached to an aromatic ring is 1. The van der Waals surface area contributed by atoms with Crippen molar-refractivity contribution < 1.29 is 14.1 Å². The number of rotatable bonds is 6. The zero-order valence-corrected chi connectivity index (χ0v) is 11.0. The number of furan rings is 1. The average Bonchev–Trinajstić information content (AvgIpc) is 2.99. The molecule has 0 bridgehead atoms. The zero-order chi connectivity index (χ0) is 15.2. The van der Waals surface area contributed by atoms with Gasteiger partial charge in [-0.25, -0.2) is 0 Å². The average molecular weight is 290 g/mol. The Bertz CT molecular complexity index is 640. The molecule has 2 rings (SSSR count). The largest absolute Gasteiger partial charge is 0.469 e. The summed E-state index contributed by atoms with van der Waals surface area (Å²) in [5, 5.41) is 13.6. The number of anilines is 1. The summed E-state index contributed by atoms with van der Waals surface area (Å²) in [7, 11) is 0. The van der Waals surface area contributed by atoms with Crippen molar-refractivity contribution in [2.75, 3.05) is 12.0 Å². The van der Waals surface area contributed by atoms with Gasteiger partial charge in [0.2, 0.25) is 0 Å². The highest BCUT2D eigenvalue weighted by Gasteiger charge is 2.16. The second-order valence-electron chi connectivity index (χ2n) is 4.22. The van der Waals surface area contributed by atoms with E-state index in [-0.39, 0.29) is 16.9 Å². The summed E-state index contributed by atoms with van der Waals surface area (Å²) >= 11 is 0. The highest BCUT2D eigenvalue weighted by molar-refractivity contribution is 5.95. The summed E-state index contributed by atoms with van der Waals surface area (Å²) in [5.41, 5.74) is 2.31. The molecule has 8 nitrogen and oxygen atoms in total. The number of nitrogens with zero attached hydrogens (tertiary/aromatic N) is 1. The molecule has 1 aromatic carbocycles. The van der Waals surface area contributed by atoms with Gasteiger partial charge in [-0.1, -0.05) is 0 Å². The van der Waals surface area contributed by atoms with Crippen LogP contribution in [-0.2, 0) is 6.42 Å². The number of benzene rings is 1. The first-order chi connectivity index (χ1) is 10.1. The van der Waals surface area contributed by atoms with Crippen molar-refractivity contribution in [3.63, 3.8) is 0 Å². The Morgan fingerprint density at radius 2 is 2.19 bits per heavy atom. The molecule has 1 aromatic heterocycles. The number of hydrazine groups is 1. The van der Waals surface area contributed by atoms with Gasteiger partial charge in [-0.3, -0.25) is 20.8 Å². The topological polar surface area (TPSA) is 123 Å². The lowest BCUT2D eigenvalue weighted by atomic mass is 10.1. The fraction of sp³-hybridized carbons (Fsp3) is 0.154. The molecule has 0 atom stereocenters. The van der Waals surface area contributed by atoms with E-state index < -0.39 is 10.8 Å². The van der Waals surface area contributed by atoms with Gasteiger partial charge < -0.3 is 15.2 Å². The Kier molecular flexibility index (Phi) is 4.52.